The van der Waals surface area contributed by atoms with Crippen molar-refractivity contribution in [2.45, 2.75) is 37.7 Å². The van der Waals surface area contributed by atoms with Crippen molar-refractivity contribution in [2.75, 3.05) is 12.8 Å². The van der Waals surface area contributed by atoms with E-state index in [1.54, 1.807) is 7.11 Å². The lowest BCUT2D eigenvalue weighted by molar-refractivity contribution is -0.0514. The number of hydrogen-bond acceptors (Lipinski definition) is 5. The number of nitrogen functional groups attached to an aromatic ring is 1. The van der Waals surface area contributed by atoms with Crippen molar-refractivity contribution in [3.8, 4) is 6.07 Å². The van der Waals surface area contributed by atoms with Gasteiger partial charge in [-0.2, -0.15) is 5.26 Å². The molecule has 1 fully saturated rings. The second kappa shape index (κ2) is 4.68. The van der Waals surface area contributed by atoms with Crippen molar-refractivity contribution in [1.82, 2.24) is 9.97 Å². The Morgan fingerprint density at radius 3 is 2.65 bits per heavy atom. The molecule has 5 nitrogen and oxygen atoms in total. The Morgan fingerprint density at radius 1 is 1.41 bits per heavy atom. The van der Waals surface area contributed by atoms with Gasteiger partial charge in [0.05, 0.1) is 6.20 Å². The minimum atomic E-state index is -0.416. The molecule has 1 saturated carbocycles. The summed E-state index contributed by atoms with van der Waals surface area (Å²) in [6, 6.07) is 1.97. The molecule has 0 aromatic carbocycles. The number of methoxy groups -OCH3 is 1. The molecule has 1 heterocycles. The number of hydrogen-bond donors (Lipinski definition) is 1. The molecular weight excluding hydrogens is 216 g/mol. The smallest absolute Gasteiger partial charge is 0.162 e. The molecule has 0 amide bonds. The Labute approximate surface area is 101 Å². The average Bonchev–Trinajstić information content (AvgIpc) is 2.39. The zero-order chi connectivity index (χ0) is 12.3. The van der Waals surface area contributed by atoms with Crippen molar-refractivity contribution in [1.29, 1.82) is 5.26 Å². The van der Waals surface area contributed by atoms with Crippen LogP contribution in [0.15, 0.2) is 6.20 Å². The fourth-order valence-electron chi connectivity index (χ4n) is 2.34. The van der Waals surface area contributed by atoms with Crippen LogP contribution in [0.1, 0.15) is 43.5 Å². The third-order valence-corrected chi connectivity index (χ3v) is 3.40. The number of anilines is 1. The van der Waals surface area contributed by atoms with Gasteiger partial charge < -0.3 is 10.5 Å². The summed E-state index contributed by atoms with van der Waals surface area (Å²) in [7, 11) is 1.68. The van der Waals surface area contributed by atoms with Gasteiger partial charge in [0.2, 0.25) is 0 Å². The van der Waals surface area contributed by atoms with E-state index in [0.29, 0.717) is 11.4 Å². The minimum Gasteiger partial charge on any atom is -0.382 e. The van der Waals surface area contributed by atoms with Gasteiger partial charge in [-0.25, -0.2) is 9.97 Å². The van der Waals surface area contributed by atoms with Crippen molar-refractivity contribution in [2.24, 2.45) is 0 Å². The van der Waals surface area contributed by atoms with Gasteiger partial charge in [-0.15, -0.1) is 0 Å². The second-order valence-electron chi connectivity index (χ2n) is 4.36. The summed E-state index contributed by atoms with van der Waals surface area (Å²) in [6.45, 7) is 0. The van der Waals surface area contributed by atoms with Gasteiger partial charge in [-0.05, 0) is 12.8 Å². The van der Waals surface area contributed by atoms with Crippen molar-refractivity contribution in [3.63, 3.8) is 0 Å². The maximum absolute atomic E-state index is 8.80. The quantitative estimate of drug-likeness (QED) is 0.839. The fourth-order valence-corrected chi connectivity index (χ4v) is 2.34. The zero-order valence-electron chi connectivity index (χ0n) is 9.94. The highest BCUT2D eigenvalue weighted by molar-refractivity contribution is 5.46. The molecule has 0 saturated heterocycles. The van der Waals surface area contributed by atoms with Gasteiger partial charge in [-0.3, -0.25) is 0 Å². The van der Waals surface area contributed by atoms with E-state index in [-0.39, 0.29) is 5.82 Å². The average molecular weight is 232 g/mol. The van der Waals surface area contributed by atoms with Gasteiger partial charge in [0.25, 0.3) is 0 Å². The largest absolute Gasteiger partial charge is 0.382 e. The summed E-state index contributed by atoms with van der Waals surface area (Å²) in [5, 5.41) is 8.80. The molecule has 1 aromatic rings. The van der Waals surface area contributed by atoms with Crippen molar-refractivity contribution in [3.05, 3.63) is 17.6 Å². The number of aromatic nitrogens is 2. The predicted octanol–water partition coefficient (Wildman–Crippen LogP) is 1.74. The number of nitrogens with zero attached hydrogens (tertiary/aromatic N) is 3. The standard InChI is InChI=1S/C12H16N4O/c1-17-12(5-3-2-4-6-12)11-15-8-9(7-13)10(14)16-11/h8H,2-6H2,1H3,(H2,14,15,16). The van der Waals surface area contributed by atoms with E-state index in [0.717, 1.165) is 25.7 Å². The third kappa shape index (κ3) is 2.08. The Hall–Kier alpha value is -1.67. The van der Waals surface area contributed by atoms with Crippen LogP contribution in [0.4, 0.5) is 5.82 Å². The maximum atomic E-state index is 8.80. The Kier molecular flexibility index (Phi) is 3.25. The van der Waals surface area contributed by atoms with Crippen molar-refractivity contribution >= 4 is 5.82 Å². The molecule has 0 bridgehead atoms. The first-order chi connectivity index (χ1) is 8.22. The van der Waals surface area contributed by atoms with Crippen LogP contribution >= 0.6 is 0 Å². The molecule has 2 N–H and O–H groups in total. The van der Waals surface area contributed by atoms with E-state index >= 15 is 0 Å². The number of nitriles is 1. The first kappa shape index (κ1) is 11.8. The molecule has 17 heavy (non-hydrogen) atoms. The highest BCUT2D eigenvalue weighted by Crippen LogP contribution is 2.38. The fraction of sp³-hybridized carbons (Fsp3) is 0.583. The van der Waals surface area contributed by atoms with E-state index in [4.69, 9.17) is 15.7 Å². The summed E-state index contributed by atoms with van der Waals surface area (Å²) in [6.07, 6.45) is 6.74. The topological polar surface area (TPSA) is 84.8 Å². The van der Waals surface area contributed by atoms with Crippen LogP contribution in [0.5, 0.6) is 0 Å². The van der Waals surface area contributed by atoms with Crippen LogP contribution in [0, 0.1) is 11.3 Å². The molecule has 0 radical (unpaired) electrons. The van der Waals surface area contributed by atoms with Gasteiger partial charge in [0.1, 0.15) is 23.1 Å². The molecule has 1 aromatic heterocycles. The summed E-state index contributed by atoms with van der Waals surface area (Å²) < 4.78 is 5.63. The molecule has 1 aliphatic rings. The zero-order valence-corrected chi connectivity index (χ0v) is 9.94. The van der Waals surface area contributed by atoms with Gasteiger partial charge in [0, 0.05) is 7.11 Å². The maximum Gasteiger partial charge on any atom is 0.162 e. The van der Waals surface area contributed by atoms with Gasteiger partial charge in [-0.1, -0.05) is 19.3 Å². The summed E-state index contributed by atoms with van der Waals surface area (Å²) >= 11 is 0. The van der Waals surface area contributed by atoms with E-state index in [1.807, 2.05) is 6.07 Å². The normalized spacial score (nSPS) is 18.6. The monoisotopic (exact) mass is 232 g/mol. The van der Waals surface area contributed by atoms with Crippen LogP contribution in [0.25, 0.3) is 0 Å². The van der Waals surface area contributed by atoms with E-state index in [1.165, 1.54) is 12.6 Å². The SMILES string of the molecule is COC1(c2ncc(C#N)c(N)n2)CCCCC1. The summed E-state index contributed by atoms with van der Waals surface area (Å²) in [5.74, 6) is 0.843. The molecule has 1 aliphatic carbocycles. The molecule has 2 rings (SSSR count). The molecule has 90 valence electrons. The lowest BCUT2D eigenvalue weighted by atomic mass is 9.84. The molecule has 0 atom stereocenters. The minimum absolute atomic E-state index is 0.236. The Morgan fingerprint density at radius 2 is 2.12 bits per heavy atom. The van der Waals surface area contributed by atoms with Gasteiger partial charge >= 0.3 is 0 Å². The number of nitrogens with two attached hydrogens (primary N) is 1. The van der Waals surface area contributed by atoms with Crippen LogP contribution in [-0.4, -0.2) is 17.1 Å². The van der Waals surface area contributed by atoms with Crippen molar-refractivity contribution < 1.29 is 4.74 Å². The predicted molar refractivity (Wildman–Crippen MR) is 62.9 cm³/mol. The van der Waals surface area contributed by atoms with Crippen LogP contribution in [0.3, 0.4) is 0 Å². The Bertz CT molecular complexity index is 446. The molecule has 5 heteroatoms. The molecule has 0 aliphatic heterocycles. The highest BCUT2D eigenvalue weighted by Gasteiger charge is 2.36. The summed E-state index contributed by atoms with van der Waals surface area (Å²) in [4.78, 5) is 8.47. The second-order valence-corrected chi connectivity index (χ2v) is 4.36. The van der Waals surface area contributed by atoms with Gasteiger partial charge in [0.15, 0.2) is 5.82 Å². The lowest BCUT2D eigenvalue weighted by Crippen LogP contribution is -2.33. The number of rotatable bonds is 2. The first-order valence-electron chi connectivity index (χ1n) is 5.80. The van der Waals surface area contributed by atoms with Crippen LogP contribution < -0.4 is 5.73 Å². The first-order valence-corrected chi connectivity index (χ1v) is 5.80. The third-order valence-electron chi connectivity index (χ3n) is 3.40. The molecule has 0 unspecified atom stereocenters. The van der Waals surface area contributed by atoms with E-state index < -0.39 is 5.60 Å². The van der Waals surface area contributed by atoms with Crippen LogP contribution in [-0.2, 0) is 10.3 Å². The van der Waals surface area contributed by atoms with E-state index in [9.17, 15) is 0 Å². The lowest BCUT2D eigenvalue weighted by Gasteiger charge is -2.34. The Balaban J connectivity index is 2.37. The van der Waals surface area contributed by atoms with E-state index in [2.05, 4.69) is 9.97 Å². The summed E-state index contributed by atoms with van der Waals surface area (Å²) in [5.41, 5.74) is 5.62. The molecular formula is C12H16N4O. The van der Waals surface area contributed by atoms with Crippen LogP contribution in [0.2, 0.25) is 0 Å². The number of ether oxygens (including phenoxy) is 1. The highest BCUT2D eigenvalue weighted by atomic mass is 16.5. The molecule has 0 spiro atoms.